The molecule has 0 heterocycles. The molecule has 2 nitrogen and oxygen atoms in total. The maximum atomic E-state index is 11.7. The van der Waals surface area contributed by atoms with Crippen LogP contribution in [0.5, 0.6) is 0 Å². The molecule has 0 spiro atoms. The van der Waals surface area contributed by atoms with Crippen molar-refractivity contribution in [3.8, 4) is 0 Å². The van der Waals surface area contributed by atoms with Crippen LogP contribution in [0, 0.1) is 0 Å². The predicted octanol–water partition coefficient (Wildman–Crippen LogP) is 4.98. The first-order valence-corrected chi connectivity index (χ1v) is 7.33. The zero-order valence-electron chi connectivity index (χ0n) is 12.5. The van der Waals surface area contributed by atoms with E-state index in [2.05, 4.69) is 13.0 Å². The van der Waals surface area contributed by atoms with Crippen LogP contribution in [0.15, 0.2) is 42.0 Å². The molecule has 1 aromatic carbocycles. The molecule has 0 aliphatic rings. The van der Waals surface area contributed by atoms with Gasteiger partial charge in [0.2, 0.25) is 0 Å². The normalized spacial score (nSPS) is 12.3. The smallest absolute Gasteiger partial charge is 0.338 e. The van der Waals surface area contributed by atoms with Gasteiger partial charge in [0.25, 0.3) is 0 Å². The third-order valence-electron chi connectivity index (χ3n) is 2.97. The molecular weight excluding hydrogens is 272 g/mol. The lowest BCUT2D eigenvalue weighted by Gasteiger charge is -2.13. The zero-order valence-corrected chi connectivity index (χ0v) is 13.2. The lowest BCUT2D eigenvalue weighted by molar-refractivity contribution is 0.0509. The highest BCUT2D eigenvalue weighted by atomic mass is 35.5. The van der Waals surface area contributed by atoms with Crippen LogP contribution in [0.25, 0.3) is 0 Å². The molecule has 0 N–H and O–H groups in total. The van der Waals surface area contributed by atoms with Gasteiger partial charge in [-0.05, 0) is 45.7 Å². The molecule has 0 saturated heterocycles. The summed E-state index contributed by atoms with van der Waals surface area (Å²) in [6.07, 6.45) is 4.83. The maximum absolute atomic E-state index is 11.7. The molecule has 110 valence electrons. The number of allylic oxidation sites excluding steroid dienone is 1. The van der Waals surface area contributed by atoms with Crippen LogP contribution >= 0.6 is 11.6 Å². The number of rotatable bonds is 7. The largest absolute Gasteiger partial charge is 0.462 e. The van der Waals surface area contributed by atoms with E-state index in [1.165, 1.54) is 5.57 Å². The van der Waals surface area contributed by atoms with Gasteiger partial charge in [0.15, 0.2) is 0 Å². The molecule has 0 aliphatic carbocycles. The van der Waals surface area contributed by atoms with Gasteiger partial charge >= 0.3 is 5.97 Å². The summed E-state index contributed by atoms with van der Waals surface area (Å²) in [5.41, 5.74) is 1.82. The van der Waals surface area contributed by atoms with Gasteiger partial charge in [-0.2, -0.15) is 0 Å². The van der Waals surface area contributed by atoms with Gasteiger partial charge in [-0.3, -0.25) is 0 Å². The van der Waals surface area contributed by atoms with E-state index in [1.54, 1.807) is 12.1 Å². The molecule has 1 aromatic rings. The van der Waals surface area contributed by atoms with Crippen molar-refractivity contribution in [2.45, 2.75) is 44.9 Å². The molecule has 0 amide bonds. The average molecular weight is 295 g/mol. The van der Waals surface area contributed by atoms with E-state index in [1.807, 2.05) is 32.0 Å². The molecule has 0 unspecified atom stereocenters. The summed E-state index contributed by atoms with van der Waals surface area (Å²) in [5.74, 6) is -0.264. The van der Waals surface area contributed by atoms with Gasteiger partial charge in [-0.15, -0.1) is 11.6 Å². The minimum Gasteiger partial charge on any atom is -0.462 e. The summed E-state index contributed by atoms with van der Waals surface area (Å²) >= 11 is 6.13. The second-order valence-electron chi connectivity index (χ2n) is 5.56. The zero-order chi connectivity index (χ0) is 15.0. The van der Waals surface area contributed by atoms with E-state index in [9.17, 15) is 4.79 Å². The topological polar surface area (TPSA) is 26.3 Å². The maximum Gasteiger partial charge on any atom is 0.338 e. The number of hydrogen-bond donors (Lipinski definition) is 0. The average Bonchev–Trinajstić information content (AvgIpc) is 2.38. The minimum atomic E-state index is -0.264. The Morgan fingerprint density at radius 1 is 1.30 bits per heavy atom. The van der Waals surface area contributed by atoms with Gasteiger partial charge in [0.05, 0.1) is 12.2 Å². The summed E-state index contributed by atoms with van der Waals surface area (Å²) in [5, 5.41) is 0. The van der Waals surface area contributed by atoms with Gasteiger partial charge < -0.3 is 4.74 Å². The van der Waals surface area contributed by atoms with E-state index < -0.39 is 0 Å². The highest BCUT2D eigenvalue weighted by Gasteiger charge is 2.11. The van der Waals surface area contributed by atoms with Crippen LogP contribution in [0.4, 0.5) is 0 Å². The monoisotopic (exact) mass is 294 g/mol. The number of alkyl halides is 1. The van der Waals surface area contributed by atoms with E-state index >= 15 is 0 Å². The molecule has 1 rings (SSSR count). The standard InChI is InChI=1S/C17H23ClO2/c1-14(8-7-12-17(2,3)18)11-13-20-16(19)15-9-5-4-6-10-15/h4-6,8-10H,7,11-13H2,1-3H3. The molecule has 0 fully saturated rings. The fraction of sp³-hybridized carbons (Fsp3) is 0.471. The van der Waals surface area contributed by atoms with Crippen LogP contribution < -0.4 is 0 Å². The van der Waals surface area contributed by atoms with Crippen LogP contribution in [0.3, 0.4) is 0 Å². The Balaban J connectivity index is 2.27. The highest BCUT2D eigenvalue weighted by Crippen LogP contribution is 2.20. The van der Waals surface area contributed by atoms with Gasteiger partial charge in [-0.25, -0.2) is 4.79 Å². The lowest BCUT2D eigenvalue weighted by Crippen LogP contribution is -2.08. The molecule has 20 heavy (non-hydrogen) atoms. The second kappa shape index (κ2) is 8.11. The van der Waals surface area contributed by atoms with Crippen LogP contribution in [0.2, 0.25) is 0 Å². The lowest BCUT2D eigenvalue weighted by atomic mass is 10.1. The van der Waals surface area contributed by atoms with Crippen molar-refractivity contribution < 1.29 is 9.53 Å². The second-order valence-corrected chi connectivity index (χ2v) is 6.58. The van der Waals surface area contributed by atoms with Gasteiger partial charge in [0, 0.05) is 11.3 Å². The minimum absolute atomic E-state index is 0.156. The Morgan fingerprint density at radius 2 is 1.95 bits per heavy atom. The van der Waals surface area contributed by atoms with Crippen LogP contribution in [-0.4, -0.2) is 17.5 Å². The Kier molecular flexibility index (Phi) is 6.80. The predicted molar refractivity (Wildman–Crippen MR) is 84.3 cm³/mol. The first kappa shape index (κ1) is 16.8. The van der Waals surface area contributed by atoms with Crippen molar-refractivity contribution in [2.24, 2.45) is 0 Å². The molecule has 0 atom stereocenters. The number of benzene rings is 1. The van der Waals surface area contributed by atoms with Crippen molar-refractivity contribution in [2.75, 3.05) is 6.61 Å². The molecule has 0 bridgehead atoms. The highest BCUT2D eigenvalue weighted by molar-refractivity contribution is 6.23. The van der Waals surface area contributed by atoms with Crippen molar-refractivity contribution in [3.63, 3.8) is 0 Å². The molecule has 0 aromatic heterocycles. The summed E-state index contributed by atoms with van der Waals surface area (Å²) < 4.78 is 5.24. The fourth-order valence-corrected chi connectivity index (χ4v) is 1.84. The molecule has 0 radical (unpaired) electrons. The van der Waals surface area contributed by atoms with Gasteiger partial charge in [-0.1, -0.05) is 29.8 Å². The molecule has 0 saturated carbocycles. The fourth-order valence-electron chi connectivity index (χ4n) is 1.73. The third-order valence-corrected chi connectivity index (χ3v) is 3.16. The quantitative estimate of drug-likeness (QED) is 0.403. The third kappa shape index (κ3) is 7.34. The molecular formula is C17H23ClO2. The molecule has 0 aliphatic heterocycles. The first-order chi connectivity index (χ1) is 9.38. The van der Waals surface area contributed by atoms with Crippen molar-refractivity contribution >= 4 is 17.6 Å². The van der Waals surface area contributed by atoms with E-state index in [0.29, 0.717) is 12.2 Å². The SMILES string of the molecule is CC(=CCCC(C)(C)Cl)CCOC(=O)c1ccccc1. The van der Waals surface area contributed by atoms with Gasteiger partial charge in [0.1, 0.15) is 0 Å². The Hall–Kier alpha value is -1.28. The first-order valence-electron chi connectivity index (χ1n) is 6.95. The number of halogens is 1. The number of ether oxygens (including phenoxy) is 1. The number of carbonyl (C=O) groups is 1. The van der Waals surface area contributed by atoms with E-state index in [0.717, 1.165) is 19.3 Å². The number of esters is 1. The summed E-state index contributed by atoms with van der Waals surface area (Å²) in [7, 11) is 0. The van der Waals surface area contributed by atoms with Crippen molar-refractivity contribution in [1.82, 2.24) is 0 Å². The summed E-state index contributed by atoms with van der Waals surface area (Å²) in [6.45, 7) is 6.50. The summed E-state index contributed by atoms with van der Waals surface area (Å²) in [4.78, 5) is 11.6. The molecule has 3 heteroatoms. The Labute approximate surface area is 126 Å². The van der Waals surface area contributed by atoms with Crippen LogP contribution in [0.1, 0.15) is 50.4 Å². The van der Waals surface area contributed by atoms with Crippen LogP contribution in [-0.2, 0) is 4.74 Å². The number of hydrogen-bond acceptors (Lipinski definition) is 2. The summed E-state index contributed by atoms with van der Waals surface area (Å²) in [6, 6.07) is 9.05. The van der Waals surface area contributed by atoms with Crippen molar-refractivity contribution in [3.05, 3.63) is 47.5 Å². The van der Waals surface area contributed by atoms with E-state index in [4.69, 9.17) is 16.3 Å². The van der Waals surface area contributed by atoms with Crippen molar-refractivity contribution in [1.29, 1.82) is 0 Å². The Morgan fingerprint density at radius 3 is 2.55 bits per heavy atom. The Bertz CT molecular complexity index is 444. The van der Waals surface area contributed by atoms with E-state index in [-0.39, 0.29) is 10.8 Å². The number of carbonyl (C=O) groups excluding carboxylic acids is 1.